The summed E-state index contributed by atoms with van der Waals surface area (Å²) in [6.45, 7) is 0. The van der Waals surface area contributed by atoms with Gasteiger partial charge in [-0.1, -0.05) is 30.3 Å². The van der Waals surface area contributed by atoms with Crippen molar-refractivity contribution in [3.63, 3.8) is 0 Å². The smallest absolute Gasteiger partial charge is 0.344 e. The third kappa shape index (κ3) is 2.07. The number of carbonyl (C=O) groups is 2. The summed E-state index contributed by atoms with van der Waals surface area (Å²) >= 11 is 0. The van der Waals surface area contributed by atoms with E-state index in [0.717, 1.165) is 5.56 Å². The second-order valence-electron chi connectivity index (χ2n) is 4.37. The molecule has 0 bridgehead atoms. The number of hydrogen-bond donors (Lipinski definition) is 1. The van der Waals surface area contributed by atoms with Crippen molar-refractivity contribution in [3.05, 3.63) is 70.8 Å². The summed E-state index contributed by atoms with van der Waals surface area (Å²) in [6, 6.07) is 13.9. The van der Waals surface area contributed by atoms with Gasteiger partial charge in [0.05, 0.1) is 11.1 Å². The Kier molecular flexibility index (Phi) is 2.84. The van der Waals surface area contributed by atoms with E-state index in [9.17, 15) is 9.59 Å². The largest absolute Gasteiger partial charge is 0.478 e. The minimum atomic E-state index is -1.07. The Morgan fingerprint density at radius 2 is 1.80 bits per heavy atom. The van der Waals surface area contributed by atoms with Gasteiger partial charge in [0.1, 0.15) is 5.76 Å². The Morgan fingerprint density at radius 3 is 2.50 bits per heavy atom. The van der Waals surface area contributed by atoms with Crippen LogP contribution in [0.15, 0.2) is 48.5 Å². The number of carboxylic acid groups (broad SMARTS) is 1. The molecule has 98 valence electrons. The van der Waals surface area contributed by atoms with Gasteiger partial charge in [0, 0.05) is 5.56 Å². The quantitative estimate of drug-likeness (QED) is 0.848. The maximum Gasteiger partial charge on any atom is 0.344 e. The van der Waals surface area contributed by atoms with Crippen molar-refractivity contribution in [1.82, 2.24) is 0 Å². The van der Waals surface area contributed by atoms with Gasteiger partial charge in [-0.2, -0.15) is 0 Å². The first-order valence-corrected chi connectivity index (χ1v) is 6.02. The van der Waals surface area contributed by atoms with E-state index in [0.29, 0.717) is 11.3 Å². The molecule has 20 heavy (non-hydrogen) atoms. The highest BCUT2D eigenvalue weighted by Crippen LogP contribution is 2.31. The van der Waals surface area contributed by atoms with E-state index in [2.05, 4.69) is 0 Å². The lowest BCUT2D eigenvalue weighted by molar-refractivity contribution is 0.0696. The average Bonchev–Trinajstić information content (AvgIpc) is 2.76. The molecule has 1 aliphatic rings. The van der Waals surface area contributed by atoms with Crippen molar-refractivity contribution in [2.75, 3.05) is 0 Å². The Balaban J connectivity index is 2.07. The number of aromatic carboxylic acids is 1. The standard InChI is InChI=1S/C16H10O4/c17-15(18)11-6-7-12-13(9-11)16(19)20-14(12)8-10-4-2-1-3-5-10/h1-9H,(H,17,18). The van der Waals surface area contributed by atoms with Crippen LogP contribution < -0.4 is 0 Å². The van der Waals surface area contributed by atoms with E-state index in [4.69, 9.17) is 9.84 Å². The van der Waals surface area contributed by atoms with Crippen LogP contribution in [0, 0.1) is 0 Å². The molecule has 0 atom stereocenters. The van der Waals surface area contributed by atoms with Crippen molar-refractivity contribution in [2.45, 2.75) is 0 Å². The van der Waals surface area contributed by atoms with Crippen molar-refractivity contribution in [1.29, 1.82) is 0 Å². The molecule has 2 aromatic carbocycles. The monoisotopic (exact) mass is 266 g/mol. The van der Waals surface area contributed by atoms with Crippen LogP contribution in [0.5, 0.6) is 0 Å². The van der Waals surface area contributed by atoms with Crippen LogP contribution >= 0.6 is 0 Å². The molecule has 0 radical (unpaired) electrons. The summed E-state index contributed by atoms with van der Waals surface area (Å²) < 4.78 is 5.20. The van der Waals surface area contributed by atoms with Crippen LogP contribution in [0.3, 0.4) is 0 Å². The molecule has 0 unspecified atom stereocenters. The zero-order chi connectivity index (χ0) is 14.1. The highest BCUT2D eigenvalue weighted by molar-refractivity contribution is 6.07. The summed E-state index contributed by atoms with van der Waals surface area (Å²) in [5.41, 5.74) is 1.88. The fourth-order valence-corrected chi connectivity index (χ4v) is 2.08. The molecule has 1 N–H and O–H groups in total. The summed E-state index contributed by atoms with van der Waals surface area (Å²) in [5.74, 6) is -1.15. The minimum Gasteiger partial charge on any atom is -0.478 e. The number of benzene rings is 2. The van der Waals surface area contributed by atoms with Crippen molar-refractivity contribution in [3.8, 4) is 0 Å². The molecule has 2 aromatic rings. The maximum atomic E-state index is 11.8. The van der Waals surface area contributed by atoms with E-state index in [1.54, 1.807) is 12.1 Å². The van der Waals surface area contributed by atoms with E-state index in [-0.39, 0.29) is 11.1 Å². The van der Waals surface area contributed by atoms with Crippen LogP contribution in [0.25, 0.3) is 11.8 Å². The lowest BCUT2D eigenvalue weighted by Crippen LogP contribution is -2.00. The van der Waals surface area contributed by atoms with E-state index in [1.165, 1.54) is 12.1 Å². The van der Waals surface area contributed by atoms with Crippen molar-refractivity contribution in [2.24, 2.45) is 0 Å². The van der Waals surface area contributed by atoms with Crippen LogP contribution in [-0.4, -0.2) is 17.0 Å². The van der Waals surface area contributed by atoms with Gasteiger partial charge in [0.2, 0.25) is 0 Å². The highest BCUT2D eigenvalue weighted by Gasteiger charge is 2.27. The minimum absolute atomic E-state index is 0.0710. The molecular weight excluding hydrogens is 256 g/mol. The Labute approximate surface area is 114 Å². The summed E-state index contributed by atoms with van der Waals surface area (Å²) in [5, 5.41) is 8.94. The lowest BCUT2D eigenvalue weighted by atomic mass is 10.0. The average molecular weight is 266 g/mol. The van der Waals surface area contributed by atoms with Crippen molar-refractivity contribution < 1.29 is 19.4 Å². The molecule has 0 spiro atoms. The molecule has 3 rings (SSSR count). The zero-order valence-electron chi connectivity index (χ0n) is 10.4. The summed E-state index contributed by atoms with van der Waals surface area (Å²) in [4.78, 5) is 22.7. The maximum absolute atomic E-state index is 11.8. The van der Waals surface area contributed by atoms with Gasteiger partial charge in [-0.3, -0.25) is 0 Å². The molecule has 4 heteroatoms. The molecule has 0 aliphatic carbocycles. The molecular formula is C16H10O4. The molecule has 0 amide bonds. The van der Waals surface area contributed by atoms with E-state index in [1.807, 2.05) is 30.3 Å². The summed E-state index contributed by atoms with van der Waals surface area (Å²) in [7, 11) is 0. The molecule has 1 heterocycles. The topological polar surface area (TPSA) is 63.6 Å². The van der Waals surface area contributed by atoms with E-state index >= 15 is 0 Å². The Hall–Kier alpha value is -2.88. The Morgan fingerprint density at radius 1 is 1.05 bits per heavy atom. The normalized spacial score (nSPS) is 15.0. The predicted molar refractivity (Wildman–Crippen MR) is 73.1 cm³/mol. The van der Waals surface area contributed by atoms with Gasteiger partial charge in [-0.25, -0.2) is 9.59 Å². The molecule has 1 aliphatic heterocycles. The number of rotatable bonds is 2. The lowest BCUT2D eigenvalue weighted by Gasteiger charge is -1.99. The molecule has 0 saturated carbocycles. The molecule has 0 aromatic heterocycles. The first-order valence-electron chi connectivity index (χ1n) is 6.02. The van der Waals surface area contributed by atoms with Crippen LogP contribution in [0.4, 0.5) is 0 Å². The zero-order valence-corrected chi connectivity index (χ0v) is 10.4. The van der Waals surface area contributed by atoms with Gasteiger partial charge in [-0.15, -0.1) is 0 Å². The highest BCUT2D eigenvalue weighted by atomic mass is 16.5. The second-order valence-corrected chi connectivity index (χ2v) is 4.37. The van der Waals surface area contributed by atoms with Crippen molar-refractivity contribution >= 4 is 23.8 Å². The summed E-state index contributed by atoms with van der Waals surface area (Å²) in [6.07, 6.45) is 1.75. The van der Waals surface area contributed by atoms with Crippen LogP contribution in [0.2, 0.25) is 0 Å². The molecule has 4 nitrogen and oxygen atoms in total. The number of fused-ring (bicyclic) bond motifs is 1. The van der Waals surface area contributed by atoms with Crippen LogP contribution in [0.1, 0.15) is 31.8 Å². The third-order valence-corrected chi connectivity index (χ3v) is 3.05. The fourth-order valence-electron chi connectivity index (χ4n) is 2.08. The van der Waals surface area contributed by atoms with Gasteiger partial charge in [0.15, 0.2) is 0 Å². The van der Waals surface area contributed by atoms with Gasteiger partial charge in [0.25, 0.3) is 0 Å². The predicted octanol–water partition coefficient (Wildman–Crippen LogP) is 3.05. The number of cyclic esters (lactones) is 1. The SMILES string of the molecule is O=C(O)c1ccc2c(c1)C(=O)OC2=Cc1ccccc1. The van der Waals surface area contributed by atoms with Gasteiger partial charge in [-0.05, 0) is 29.8 Å². The van der Waals surface area contributed by atoms with Crippen LogP contribution in [-0.2, 0) is 4.74 Å². The molecule has 0 saturated heterocycles. The van der Waals surface area contributed by atoms with Gasteiger partial charge < -0.3 is 9.84 Å². The third-order valence-electron chi connectivity index (χ3n) is 3.05. The molecule has 0 fully saturated rings. The van der Waals surface area contributed by atoms with Gasteiger partial charge >= 0.3 is 11.9 Å². The Bertz CT molecular complexity index is 729. The fraction of sp³-hybridized carbons (Fsp3) is 0. The number of esters is 1. The number of ether oxygens (including phenoxy) is 1. The number of carbonyl (C=O) groups excluding carboxylic acids is 1. The first-order chi connectivity index (χ1) is 9.65. The second kappa shape index (κ2) is 4.66. The number of carboxylic acids is 1. The van der Waals surface area contributed by atoms with E-state index < -0.39 is 11.9 Å². The first kappa shape index (κ1) is 12.2. The number of hydrogen-bond acceptors (Lipinski definition) is 3.